The minimum absolute atomic E-state index is 0.0267. The highest BCUT2D eigenvalue weighted by Crippen LogP contribution is 2.55. The number of nitro groups is 1. The van der Waals surface area contributed by atoms with Crippen molar-refractivity contribution in [3.8, 4) is 5.75 Å². The van der Waals surface area contributed by atoms with Gasteiger partial charge in [-0.3, -0.25) is 10.1 Å². The number of carbonyl (C=O) groups is 1. The first kappa shape index (κ1) is 35.3. The molecule has 0 unspecified atom stereocenters. The predicted molar refractivity (Wildman–Crippen MR) is 183 cm³/mol. The van der Waals surface area contributed by atoms with Crippen LogP contribution in [0, 0.1) is 28.4 Å². The number of carboxylic acid groups (broad SMARTS) is 1. The van der Waals surface area contributed by atoms with Crippen LogP contribution in [0.2, 0.25) is 0 Å². The van der Waals surface area contributed by atoms with Crippen molar-refractivity contribution in [2.24, 2.45) is 11.3 Å². The van der Waals surface area contributed by atoms with Gasteiger partial charge in [0.15, 0.2) is 6.61 Å². The number of nitrogens with zero attached hydrogens (tertiary/aromatic N) is 2. The largest absolute Gasteiger partial charge is 0.482 e. The molecule has 1 N–H and O–H groups in total. The molecule has 3 aromatic carbocycles. The molecule has 3 atom stereocenters. The number of carboxylic acids is 1. The van der Waals surface area contributed by atoms with Crippen LogP contribution in [0.1, 0.15) is 74.3 Å². The Kier molecular flexibility index (Phi) is 10.4. The molecular formula is C37H44N2O8S. The number of aliphatic carboxylic acids is 1. The Balaban J connectivity index is 1.51. The highest BCUT2D eigenvalue weighted by atomic mass is 32.2. The summed E-state index contributed by atoms with van der Waals surface area (Å²) in [7, 11) is -3.87. The van der Waals surface area contributed by atoms with Gasteiger partial charge in [-0.1, -0.05) is 62.4 Å². The van der Waals surface area contributed by atoms with E-state index in [0.29, 0.717) is 31.4 Å². The molecule has 0 amide bonds. The summed E-state index contributed by atoms with van der Waals surface area (Å²) in [6.07, 6.45) is 1.71. The first-order valence-electron chi connectivity index (χ1n) is 16.3. The van der Waals surface area contributed by atoms with Crippen LogP contribution in [0.15, 0.2) is 83.8 Å². The molecule has 2 heterocycles. The van der Waals surface area contributed by atoms with Crippen molar-refractivity contribution < 1.29 is 32.7 Å². The number of nitro benzene ring substituents is 1. The Labute approximate surface area is 282 Å². The maximum absolute atomic E-state index is 13.6. The number of benzene rings is 3. The van der Waals surface area contributed by atoms with Gasteiger partial charge in [-0.05, 0) is 80.3 Å². The fourth-order valence-electron chi connectivity index (χ4n) is 7.22. The Hall–Kier alpha value is -4.06. The van der Waals surface area contributed by atoms with Crippen molar-refractivity contribution in [1.29, 1.82) is 0 Å². The minimum atomic E-state index is -3.87. The molecule has 256 valence electrons. The third-order valence-electron chi connectivity index (χ3n) is 9.96. The van der Waals surface area contributed by atoms with Crippen molar-refractivity contribution >= 4 is 21.7 Å². The highest BCUT2D eigenvalue weighted by molar-refractivity contribution is 7.89. The van der Waals surface area contributed by atoms with Gasteiger partial charge in [0.1, 0.15) is 5.75 Å². The van der Waals surface area contributed by atoms with Gasteiger partial charge in [-0.2, -0.15) is 4.31 Å². The van der Waals surface area contributed by atoms with E-state index in [4.69, 9.17) is 9.47 Å². The van der Waals surface area contributed by atoms with Crippen LogP contribution < -0.4 is 4.74 Å². The van der Waals surface area contributed by atoms with E-state index in [1.807, 2.05) is 38.1 Å². The van der Waals surface area contributed by atoms with Crippen LogP contribution in [-0.4, -0.2) is 54.5 Å². The average Bonchev–Trinajstić information content (AvgIpc) is 3.05. The maximum Gasteiger partial charge on any atom is 0.341 e. The number of piperidine rings is 1. The first-order chi connectivity index (χ1) is 22.7. The van der Waals surface area contributed by atoms with E-state index in [2.05, 4.69) is 38.6 Å². The smallest absolute Gasteiger partial charge is 0.341 e. The lowest BCUT2D eigenvalue weighted by atomic mass is 9.63. The normalized spacial score (nSPS) is 21.2. The van der Waals surface area contributed by atoms with Gasteiger partial charge in [-0.15, -0.1) is 0 Å². The summed E-state index contributed by atoms with van der Waals surface area (Å²) in [4.78, 5) is 22.2. The van der Waals surface area contributed by atoms with E-state index in [1.165, 1.54) is 28.6 Å². The Bertz CT molecular complexity index is 1760. The minimum Gasteiger partial charge on any atom is -0.482 e. The molecule has 3 aromatic rings. The van der Waals surface area contributed by atoms with Crippen molar-refractivity contribution in [1.82, 2.24) is 4.31 Å². The van der Waals surface area contributed by atoms with E-state index < -0.39 is 33.6 Å². The molecule has 10 nitrogen and oxygen atoms in total. The van der Waals surface area contributed by atoms with Gasteiger partial charge < -0.3 is 14.6 Å². The fourth-order valence-corrected chi connectivity index (χ4v) is 8.67. The van der Waals surface area contributed by atoms with Gasteiger partial charge in [0.25, 0.3) is 5.69 Å². The van der Waals surface area contributed by atoms with E-state index in [-0.39, 0.29) is 47.0 Å². The zero-order valence-electron chi connectivity index (χ0n) is 27.9. The molecule has 2 aliphatic rings. The molecule has 5 rings (SSSR count). The molecule has 2 aliphatic heterocycles. The lowest BCUT2D eigenvalue weighted by Gasteiger charge is -2.54. The lowest BCUT2D eigenvalue weighted by Crippen LogP contribution is -2.53. The molecule has 2 saturated heterocycles. The Morgan fingerprint density at radius 1 is 1.12 bits per heavy atom. The molecule has 0 aliphatic carbocycles. The van der Waals surface area contributed by atoms with Gasteiger partial charge in [0, 0.05) is 42.1 Å². The summed E-state index contributed by atoms with van der Waals surface area (Å²) in [5.41, 5.74) is 4.31. The molecule has 0 radical (unpaired) electrons. The SMILES string of the molecule is C=C(C)[C@@H]1CC2(CCN(S(=O)(=O)c3ccc([N+](=O)[O-])cc3)CC2)[C@@H](Cc2ccccc2)O[C@H]1c1c(C)cc(C(C)C)cc1OCC(=O)O. The summed E-state index contributed by atoms with van der Waals surface area (Å²) >= 11 is 0. The molecule has 2 fully saturated rings. The monoisotopic (exact) mass is 676 g/mol. The fraction of sp³-hybridized carbons (Fsp3) is 0.432. The molecule has 48 heavy (non-hydrogen) atoms. The third kappa shape index (κ3) is 7.33. The van der Waals surface area contributed by atoms with Crippen molar-refractivity contribution in [2.75, 3.05) is 19.7 Å². The van der Waals surface area contributed by atoms with Crippen LogP contribution in [0.5, 0.6) is 5.75 Å². The lowest BCUT2D eigenvalue weighted by molar-refractivity contribution is -0.384. The number of sulfonamides is 1. The van der Waals surface area contributed by atoms with Crippen molar-refractivity contribution in [2.45, 2.75) is 76.4 Å². The number of hydrogen-bond acceptors (Lipinski definition) is 7. The number of ether oxygens (including phenoxy) is 2. The Morgan fingerprint density at radius 2 is 1.77 bits per heavy atom. The molecule has 0 bridgehead atoms. The number of hydrogen-bond donors (Lipinski definition) is 1. The first-order valence-corrected chi connectivity index (χ1v) is 17.7. The third-order valence-corrected chi connectivity index (χ3v) is 11.9. The quantitative estimate of drug-likeness (QED) is 0.128. The molecule has 11 heteroatoms. The second kappa shape index (κ2) is 14.2. The molecular weight excluding hydrogens is 632 g/mol. The van der Waals surface area contributed by atoms with E-state index in [0.717, 1.165) is 27.8 Å². The summed E-state index contributed by atoms with van der Waals surface area (Å²) in [5, 5.41) is 20.6. The van der Waals surface area contributed by atoms with E-state index >= 15 is 0 Å². The van der Waals surface area contributed by atoms with Gasteiger partial charge in [0.05, 0.1) is 22.0 Å². The standard InChI is InChI=1S/C37H44N2O8S/c1-24(2)28-19-26(5)35(32(21-28)46-23-34(40)41)36-31(25(3)4)22-37(33(47-36)20-27-9-7-6-8-10-27)15-17-38(18-16-37)48(44,45)30-13-11-29(12-14-30)39(42)43/h6-14,19,21,24,31,33,36H,3,15-18,20,22-23H2,1-2,4-5H3,(H,40,41)/t31-,33+,36+/m0/s1. The average molecular weight is 677 g/mol. The molecule has 1 spiro atoms. The van der Waals surface area contributed by atoms with Crippen LogP contribution in [0.4, 0.5) is 5.69 Å². The topological polar surface area (TPSA) is 136 Å². The zero-order chi connectivity index (χ0) is 34.8. The second-order valence-corrected chi connectivity index (χ2v) is 15.4. The summed E-state index contributed by atoms with van der Waals surface area (Å²) in [6, 6.07) is 19.1. The predicted octanol–water partition coefficient (Wildman–Crippen LogP) is 7.23. The molecule has 0 aromatic heterocycles. The van der Waals surface area contributed by atoms with Gasteiger partial charge in [-0.25, -0.2) is 13.2 Å². The van der Waals surface area contributed by atoms with E-state index in [9.17, 15) is 28.4 Å². The summed E-state index contributed by atoms with van der Waals surface area (Å²) < 4.78 is 41.9. The van der Waals surface area contributed by atoms with Crippen LogP contribution in [0.25, 0.3) is 0 Å². The van der Waals surface area contributed by atoms with Gasteiger partial charge in [0.2, 0.25) is 10.0 Å². The maximum atomic E-state index is 13.6. The van der Waals surface area contributed by atoms with E-state index in [1.54, 1.807) is 0 Å². The van der Waals surface area contributed by atoms with Crippen molar-refractivity contribution in [3.05, 3.63) is 111 Å². The Morgan fingerprint density at radius 3 is 2.33 bits per heavy atom. The van der Waals surface area contributed by atoms with Crippen molar-refractivity contribution in [3.63, 3.8) is 0 Å². The number of non-ortho nitro benzene ring substituents is 1. The summed E-state index contributed by atoms with van der Waals surface area (Å²) in [6.45, 7) is 12.6. The van der Waals surface area contributed by atoms with Crippen LogP contribution >= 0.6 is 0 Å². The summed E-state index contributed by atoms with van der Waals surface area (Å²) in [5.74, 6) is -0.497. The highest BCUT2D eigenvalue weighted by Gasteiger charge is 2.52. The van der Waals surface area contributed by atoms with Crippen LogP contribution in [0.3, 0.4) is 0 Å². The zero-order valence-corrected chi connectivity index (χ0v) is 28.7. The van der Waals surface area contributed by atoms with Gasteiger partial charge >= 0.3 is 5.97 Å². The van der Waals surface area contributed by atoms with Crippen LogP contribution in [-0.2, 0) is 26.0 Å². The number of aryl methyl sites for hydroxylation is 1. The second-order valence-electron chi connectivity index (χ2n) is 13.5. The molecule has 0 saturated carbocycles. The number of rotatable bonds is 11.